The lowest BCUT2D eigenvalue weighted by Gasteiger charge is -2.40. The fourth-order valence-corrected chi connectivity index (χ4v) is 6.49. The van der Waals surface area contributed by atoms with Crippen molar-refractivity contribution in [1.82, 2.24) is 22.9 Å². The van der Waals surface area contributed by atoms with Gasteiger partial charge in [-0.3, -0.25) is 9.69 Å². The van der Waals surface area contributed by atoms with Crippen molar-refractivity contribution < 1.29 is 13.2 Å². The first kappa shape index (κ1) is 20.6. The molecule has 4 rings (SSSR count). The SMILES string of the molecule is CCCN1CCCCC1C(=O)N1CCN(S(=O)(=O)c2cccc3nsnc23)CC1. The van der Waals surface area contributed by atoms with Gasteiger partial charge in [-0.15, -0.1) is 0 Å². The highest BCUT2D eigenvalue weighted by Crippen LogP contribution is 2.26. The number of hydrogen-bond acceptors (Lipinski definition) is 7. The summed E-state index contributed by atoms with van der Waals surface area (Å²) < 4.78 is 36.1. The Morgan fingerprint density at radius 1 is 1.14 bits per heavy atom. The first-order valence-electron chi connectivity index (χ1n) is 10.3. The number of sulfonamides is 1. The first-order chi connectivity index (χ1) is 14.0. The summed E-state index contributed by atoms with van der Waals surface area (Å²) in [5, 5.41) is 0. The van der Waals surface area contributed by atoms with Crippen LogP contribution in [0.25, 0.3) is 11.0 Å². The molecule has 2 fully saturated rings. The molecule has 0 bridgehead atoms. The van der Waals surface area contributed by atoms with E-state index in [1.54, 1.807) is 18.2 Å². The van der Waals surface area contributed by atoms with Crippen molar-refractivity contribution in [2.75, 3.05) is 39.3 Å². The second-order valence-corrected chi connectivity index (χ2v) is 10.1. The van der Waals surface area contributed by atoms with Crippen molar-refractivity contribution in [3.8, 4) is 0 Å². The van der Waals surface area contributed by atoms with Crippen LogP contribution < -0.4 is 0 Å². The molecule has 0 N–H and O–H groups in total. The van der Waals surface area contributed by atoms with Crippen molar-refractivity contribution in [2.24, 2.45) is 0 Å². The molecule has 0 saturated carbocycles. The second kappa shape index (κ2) is 8.63. The van der Waals surface area contributed by atoms with Crippen LogP contribution in [-0.4, -0.2) is 82.5 Å². The van der Waals surface area contributed by atoms with Crippen molar-refractivity contribution >= 4 is 38.7 Å². The maximum absolute atomic E-state index is 13.2. The van der Waals surface area contributed by atoms with Crippen LogP contribution >= 0.6 is 11.7 Å². The molecule has 1 aromatic heterocycles. The Labute approximate surface area is 175 Å². The number of piperazine rings is 1. The highest BCUT2D eigenvalue weighted by molar-refractivity contribution is 7.89. The van der Waals surface area contributed by atoms with E-state index >= 15 is 0 Å². The van der Waals surface area contributed by atoms with E-state index in [1.165, 1.54) is 4.31 Å². The van der Waals surface area contributed by atoms with Crippen molar-refractivity contribution in [3.63, 3.8) is 0 Å². The third-order valence-corrected chi connectivity index (χ3v) is 8.30. The van der Waals surface area contributed by atoms with Crippen LogP contribution in [0.2, 0.25) is 0 Å². The monoisotopic (exact) mass is 437 g/mol. The predicted octanol–water partition coefficient (Wildman–Crippen LogP) is 1.79. The summed E-state index contributed by atoms with van der Waals surface area (Å²) in [6.45, 7) is 5.53. The highest BCUT2D eigenvalue weighted by atomic mass is 32.2. The van der Waals surface area contributed by atoms with Gasteiger partial charge in [0.2, 0.25) is 15.9 Å². The zero-order valence-electron chi connectivity index (χ0n) is 16.7. The number of carbonyl (C=O) groups is 1. The smallest absolute Gasteiger partial charge is 0.245 e. The molecule has 1 unspecified atom stereocenters. The summed E-state index contributed by atoms with van der Waals surface area (Å²) in [4.78, 5) is 17.4. The molecule has 2 aromatic rings. The summed E-state index contributed by atoms with van der Waals surface area (Å²) in [7, 11) is -3.66. The molecule has 1 atom stereocenters. The summed E-state index contributed by atoms with van der Waals surface area (Å²) in [6, 6.07) is 4.99. The van der Waals surface area contributed by atoms with Crippen LogP contribution in [-0.2, 0) is 14.8 Å². The fourth-order valence-electron chi connectivity index (χ4n) is 4.31. The maximum atomic E-state index is 13.2. The average molecular weight is 438 g/mol. The normalized spacial score (nSPS) is 22.2. The summed E-state index contributed by atoms with van der Waals surface area (Å²) in [6.07, 6.45) is 4.16. The molecule has 10 heteroatoms. The third kappa shape index (κ3) is 4.03. The Morgan fingerprint density at radius 2 is 1.93 bits per heavy atom. The van der Waals surface area contributed by atoms with Crippen molar-refractivity contribution in [3.05, 3.63) is 18.2 Å². The molecule has 2 aliphatic heterocycles. The zero-order valence-corrected chi connectivity index (χ0v) is 18.3. The number of piperidine rings is 1. The van der Waals surface area contributed by atoms with Gasteiger partial charge in [0, 0.05) is 26.2 Å². The van der Waals surface area contributed by atoms with Crippen LogP contribution in [0.3, 0.4) is 0 Å². The number of amides is 1. The number of fused-ring (bicyclic) bond motifs is 1. The number of benzene rings is 1. The van der Waals surface area contributed by atoms with Gasteiger partial charge >= 0.3 is 0 Å². The van der Waals surface area contributed by atoms with Gasteiger partial charge in [-0.1, -0.05) is 19.4 Å². The number of carbonyl (C=O) groups excluding carboxylic acids is 1. The molecule has 0 radical (unpaired) electrons. The summed E-state index contributed by atoms with van der Waals surface area (Å²) >= 11 is 1.01. The minimum absolute atomic E-state index is 0.0540. The Kier molecular flexibility index (Phi) is 6.14. The number of rotatable bonds is 5. The minimum Gasteiger partial charge on any atom is -0.339 e. The molecule has 158 valence electrons. The van der Waals surface area contributed by atoms with Gasteiger partial charge in [-0.25, -0.2) is 8.42 Å². The molecule has 29 heavy (non-hydrogen) atoms. The molecule has 1 aromatic carbocycles. The number of aromatic nitrogens is 2. The van der Waals surface area contributed by atoms with Gasteiger partial charge in [0.15, 0.2) is 0 Å². The standard InChI is InChI=1S/C19H27N5O3S2/c1-2-9-22-10-4-3-7-16(22)19(25)23-11-13-24(14-12-23)29(26,27)17-8-5-6-15-18(17)21-28-20-15/h5-6,8,16H,2-4,7,9-14H2,1H3. The van der Waals surface area contributed by atoms with Crippen molar-refractivity contribution in [1.29, 1.82) is 0 Å². The Morgan fingerprint density at radius 3 is 2.69 bits per heavy atom. The van der Waals surface area contributed by atoms with Crippen molar-refractivity contribution in [2.45, 2.75) is 43.5 Å². The van der Waals surface area contributed by atoms with E-state index in [4.69, 9.17) is 0 Å². The lowest BCUT2D eigenvalue weighted by atomic mass is 10.0. The Bertz CT molecular complexity index is 967. The van der Waals surface area contributed by atoms with Gasteiger partial charge in [-0.2, -0.15) is 13.1 Å². The topological polar surface area (TPSA) is 86.7 Å². The molecule has 2 saturated heterocycles. The van der Waals surface area contributed by atoms with Gasteiger partial charge in [-0.05, 0) is 44.5 Å². The van der Waals surface area contributed by atoms with Gasteiger partial charge in [0.25, 0.3) is 0 Å². The molecular weight excluding hydrogens is 410 g/mol. The minimum atomic E-state index is -3.66. The highest BCUT2D eigenvalue weighted by Gasteiger charge is 2.36. The number of hydrogen-bond donors (Lipinski definition) is 0. The molecule has 0 aliphatic carbocycles. The van der Waals surface area contributed by atoms with Crippen LogP contribution in [0.4, 0.5) is 0 Å². The van der Waals surface area contributed by atoms with Crippen LogP contribution in [0.5, 0.6) is 0 Å². The summed E-state index contributed by atoms with van der Waals surface area (Å²) in [5.41, 5.74) is 1.02. The average Bonchev–Trinajstić information content (AvgIpc) is 3.23. The first-order valence-corrected chi connectivity index (χ1v) is 12.4. The van der Waals surface area contributed by atoms with Gasteiger partial charge in [0.05, 0.1) is 17.8 Å². The molecule has 3 heterocycles. The van der Waals surface area contributed by atoms with E-state index in [1.807, 2.05) is 4.90 Å². The number of nitrogens with zero attached hydrogens (tertiary/aromatic N) is 5. The fraction of sp³-hybridized carbons (Fsp3) is 0.632. The van der Waals surface area contributed by atoms with Crippen LogP contribution in [0, 0.1) is 0 Å². The second-order valence-electron chi connectivity index (χ2n) is 7.67. The molecular formula is C19H27N5O3S2. The molecule has 2 aliphatic rings. The van der Waals surface area contributed by atoms with E-state index in [-0.39, 0.29) is 16.8 Å². The number of likely N-dealkylation sites (tertiary alicyclic amines) is 1. The summed E-state index contributed by atoms with van der Waals surface area (Å²) in [5.74, 6) is 0.154. The predicted molar refractivity (Wildman–Crippen MR) is 112 cm³/mol. The Hall–Kier alpha value is -1.62. The largest absolute Gasteiger partial charge is 0.339 e. The Balaban J connectivity index is 1.45. The van der Waals surface area contributed by atoms with Crippen LogP contribution in [0.1, 0.15) is 32.6 Å². The maximum Gasteiger partial charge on any atom is 0.245 e. The van der Waals surface area contributed by atoms with E-state index in [2.05, 4.69) is 20.6 Å². The van der Waals surface area contributed by atoms with Crippen LogP contribution in [0.15, 0.2) is 23.1 Å². The quantitative estimate of drug-likeness (QED) is 0.709. The van der Waals surface area contributed by atoms with E-state index in [0.717, 1.165) is 50.5 Å². The van der Waals surface area contributed by atoms with E-state index in [0.29, 0.717) is 37.2 Å². The van der Waals surface area contributed by atoms with Gasteiger partial charge < -0.3 is 4.90 Å². The molecule has 0 spiro atoms. The lowest BCUT2D eigenvalue weighted by molar-refractivity contribution is -0.139. The molecule has 1 amide bonds. The lowest BCUT2D eigenvalue weighted by Crippen LogP contribution is -2.56. The third-order valence-electron chi connectivity index (χ3n) is 5.83. The molecule has 8 nitrogen and oxygen atoms in total. The zero-order chi connectivity index (χ0) is 20.4. The van der Waals surface area contributed by atoms with E-state index < -0.39 is 10.0 Å². The van der Waals surface area contributed by atoms with Gasteiger partial charge in [0.1, 0.15) is 15.9 Å². The van der Waals surface area contributed by atoms with E-state index in [9.17, 15) is 13.2 Å².